The molecule has 2 N–H and O–H groups in total. The van der Waals surface area contributed by atoms with Gasteiger partial charge in [0, 0.05) is 0 Å². The highest BCUT2D eigenvalue weighted by Crippen LogP contribution is 2.36. The number of rotatable bonds is 4. The molecule has 1 aromatic carbocycles. The number of carboxylic acids is 1. The zero-order chi connectivity index (χ0) is 14.9. The molecule has 0 saturated carbocycles. The first kappa shape index (κ1) is 14.3. The third-order valence-corrected chi connectivity index (χ3v) is 3.16. The first-order valence-electron chi connectivity index (χ1n) is 6.37. The van der Waals surface area contributed by atoms with E-state index < -0.39 is 18.6 Å². The average molecular weight is 279 g/mol. The van der Waals surface area contributed by atoms with E-state index >= 15 is 0 Å². The summed E-state index contributed by atoms with van der Waals surface area (Å²) in [6.07, 6.45) is -0.712. The zero-order valence-corrected chi connectivity index (χ0v) is 11.4. The summed E-state index contributed by atoms with van der Waals surface area (Å²) in [6, 6.07) is 4.87. The molecule has 0 aromatic heterocycles. The molecule has 0 saturated heterocycles. The predicted octanol–water partition coefficient (Wildman–Crippen LogP) is 1.01. The van der Waals surface area contributed by atoms with Crippen molar-refractivity contribution in [2.24, 2.45) is 5.92 Å². The number of aliphatic carboxylic acids is 1. The van der Waals surface area contributed by atoms with E-state index in [1.807, 2.05) is 13.8 Å². The number of carbonyl (C=O) groups excluding carboxylic acids is 1. The van der Waals surface area contributed by atoms with Gasteiger partial charge in [-0.05, 0) is 23.6 Å². The Morgan fingerprint density at radius 2 is 2.15 bits per heavy atom. The Morgan fingerprint density at radius 3 is 2.70 bits per heavy atom. The topological polar surface area (TPSA) is 87.1 Å². The SMILES string of the molecule is CC(C)C1Oc2cc(CO)ccc2N(CC(=O)O)C1=O. The molecule has 20 heavy (non-hydrogen) atoms. The number of benzene rings is 1. The molecule has 108 valence electrons. The Hall–Kier alpha value is -2.08. The van der Waals surface area contributed by atoms with E-state index in [1.54, 1.807) is 18.2 Å². The highest BCUT2D eigenvalue weighted by atomic mass is 16.5. The maximum atomic E-state index is 12.3. The highest BCUT2D eigenvalue weighted by Gasteiger charge is 2.37. The standard InChI is InChI=1S/C14H17NO5/c1-8(2)13-14(19)15(6-12(17)18)10-4-3-9(7-16)5-11(10)20-13/h3-5,8,13,16H,6-7H2,1-2H3,(H,17,18). The number of anilines is 1. The second-order valence-corrected chi connectivity index (χ2v) is 5.06. The van der Waals surface area contributed by atoms with Crippen LogP contribution in [0.15, 0.2) is 18.2 Å². The van der Waals surface area contributed by atoms with Gasteiger partial charge in [0.15, 0.2) is 6.10 Å². The van der Waals surface area contributed by atoms with Crippen molar-refractivity contribution in [3.05, 3.63) is 23.8 Å². The van der Waals surface area contributed by atoms with Crippen molar-refractivity contribution in [2.45, 2.75) is 26.6 Å². The lowest BCUT2D eigenvalue weighted by molar-refractivity contribution is -0.138. The summed E-state index contributed by atoms with van der Waals surface area (Å²) in [6.45, 7) is 3.12. The molecule has 1 unspecified atom stereocenters. The first-order chi connectivity index (χ1) is 9.43. The van der Waals surface area contributed by atoms with Gasteiger partial charge in [0.2, 0.25) is 0 Å². The Balaban J connectivity index is 2.46. The number of carboxylic acid groups (broad SMARTS) is 1. The van der Waals surface area contributed by atoms with Crippen LogP contribution in [-0.4, -0.2) is 34.7 Å². The number of amides is 1. The van der Waals surface area contributed by atoms with E-state index in [0.29, 0.717) is 17.0 Å². The van der Waals surface area contributed by atoms with Gasteiger partial charge < -0.3 is 14.9 Å². The molecule has 1 heterocycles. The van der Waals surface area contributed by atoms with Crippen molar-refractivity contribution in [2.75, 3.05) is 11.4 Å². The summed E-state index contributed by atoms with van der Waals surface area (Å²) >= 11 is 0. The fourth-order valence-corrected chi connectivity index (χ4v) is 2.15. The monoisotopic (exact) mass is 279 g/mol. The van der Waals surface area contributed by atoms with Crippen molar-refractivity contribution in [1.29, 1.82) is 0 Å². The molecule has 2 rings (SSSR count). The summed E-state index contributed by atoms with van der Waals surface area (Å²) < 4.78 is 5.66. The van der Waals surface area contributed by atoms with Crippen LogP contribution < -0.4 is 9.64 Å². The zero-order valence-electron chi connectivity index (χ0n) is 11.4. The van der Waals surface area contributed by atoms with Crippen LogP contribution in [0.5, 0.6) is 5.75 Å². The smallest absolute Gasteiger partial charge is 0.323 e. The first-order valence-corrected chi connectivity index (χ1v) is 6.37. The minimum atomic E-state index is -1.08. The van der Waals surface area contributed by atoms with Gasteiger partial charge in [0.25, 0.3) is 5.91 Å². The molecule has 1 aromatic rings. The normalized spacial score (nSPS) is 17.9. The van der Waals surface area contributed by atoms with Crippen LogP contribution in [0.3, 0.4) is 0 Å². The Bertz CT molecular complexity index is 540. The van der Waals surface area contributed by atoms with Crippen molar-refractivity contribution in [1.82, 2.24) is 0 Å². The van der Waals surface area contributed by atoms with Crippen LogP contribution in [0, 0.1) is 5.92 Å². The lowest BCUT2D eigenvalue weighted by atomic mass is 10.0. The molecule has 6 heteroatoms. The van der Waals surface area contributed by atoms with Crippen molar-refractivity contribution >= 4 is 17.6 Å². The van der Waals surface area contributed by atoms with Gasteiger partial charge >= 0.3 is 5.97 Å². The van der Waals surface area contributed by atoms with Gasteiger partial charge in [0.1, 0.15) is 12.3 Å². The molecule has 1 aliphatic heterocycles. The molecule has 0 bridgehead atoms. The lowest BCUT2D eigenvalue weighted by Gasteiger charge is -2.35. The van der Waals surface area contributed by atoms with Gasteiger partial charge in [-0.1, -0.05) is 19.9 Å². The van der Waals surface area contributed by atoms with E-state index in [9.17, 15) is 9.59 Å². The quantitative estimate of drug-likeness (QED) is 0.859. The summed E-state index contributed by atoms with van der Waals surface area (Å²) in [5.41, 5.74) is 1.07. The maximum Gasteiger partial charge on any atom is 0.323 e. The van der Waals surface area contributed by atoms with Gasteiger partial charge in [-0.2, -0.15) is 0 Å². The number of hydrogen-bond acceptors (Lipinski definition) is 4. The third kappa shape index (κ3) is 2.60. The van der Waals surface area contributed by atoms with Crippen molar-refractivity contribution in [3.8, 4) is 5.75 Å². The summed E-state index contributed by atoms with van der Waals surface area (Å²) in [7, 11) is 0. The minimum Gasteiger partial charge on any atom is -0.480 e. The summed E-state index contributed by atoms with van der Waals surface area (Å²) in [5.74, 6) is -1.09. The van der Waals surface area contributed by atoms with E-state index in [0.717, 1.165) is 0 Å². The Labute approximate surface area is 116 Å². The Morgan fingerprint density at radius 1 is 1.45 bits per heavy atom. The number of ether oxygens (including phenoxy) is 1. The Kier molecular flexibility index (Phi) is 3.94. The van der Waals surface area contributed by atoms with E-state index in [1.165, 1.54) is 4.90 Å². The molecule has 1 amide bonds. The van der Waals surface area contributed by atoms with Crippen molar-refractivity contribution < 1.29 is 24.5 Å². The second kappa shape index (κ2) is 5.50. The van der Waals surface area contributed by atoms with Gasteiger partial charge in [0.05, 0.1) is 12.3 Å². The summed E-state index contributed by atoms with van der Waals surface area (Å²) in [4.78, 5) is 24.5. The van der Waals surface area contributed by atoms with Gasteiger partial charge in [-0.3, -0.25) is 14.5 Å². The second-order valence-electron chi connectivity index (χ2n) is 5.06. The van der Waals surface area contributed by atoms with Gasteiger partial charge in [-0.15, -0.1) is 0 Å². The number of fused-ring (bicyclic) bond motifs is 1. The number of hydrogen-bond donors (Lipinski definition) is 2. The molecular formula is C14H17NO5. The van der Waals surface area contributed by atoms with E-state index in [-0.39, 0.29) is 18.4 Å². The molecule has 0 aliphatic carbocycles. The van der Waals surface area contributed by atoms with Crippen LogP contribution in [0.2, 0.25) is 0 Å². The molecule has 0 radical (unpaired) electrons. The molecule has 1 aliphatic rings. The number of aliphatic hydroxyl groups excluding tert-OH is 1. The average Bonchev–Trinajstić information content (AvgIpc) is 2.40. The minimum absolute atomic E-state index is 0.0790. The lowest BCUT2D eigenvalue weighted by Crippen LogP contribution is -2.50. The molecule has 0 fully saturated rings. The van der Waals surface area contributed by atoms with Crippen LogP contribution >= 0.6 is 0 Å². The number of carbonyl (C=O) groups is 2. The van der Waals surface area contributed by atoms with Crippen LogP contribution in [-0.2, 0) is 16.2 Å². The van der Waals surface area contributed by atoms with Crippen LogP contribution in [0.1, 0.15) is 19.4 Å². The maximum absolute atomic E-state index is 12.3. The largest absolute Gasteiger partial charge is 0.480 e. The van der Waals surface area contributed by atoms with Crippen LogP contribution in [0.4, 0.5) is 5.69 Å². The third-order valence-electron chi connectivity index (χ3n) is 3.16. The van der Waals surface area contributed by atoms with Crippen LogP contribution in [0.25, 0.3) is 0 Å². The fourth-order valence-electron chi connectivity index (χ4n) is 2.15. The van der Waals surface area contributed by atoms with E-state index in [2.05, 4.69) is 0 Å². The van der Waals surface area contributed by atoms with E-state index in [4.69, 9.17) is 14.9 Å². The fraction of sp³-hybridized carbons (Fsp3) is 0.429. The van der Waals surface area contributed by atoms with Crippen molar-refractivity contribution in [3.63, 3.8) is 0 Å². The molecule has 0 spiro atoms. The molecule has 6 nitrogen and oxygen atoms in total. The number of nitrogens with zero attached hydrogens (tertiary/aromatic N) is 1. The number of aliphatic hydroxyl groups is 1. The predicted molar refractivity (Wildman–Crippen MR) is 71.6 cm³/mol. The molecule has 1 atom stereocenters. The summed E-state index contributed by atoms with van der Waals surface area (Å²) in [5, 5.41) is 18.1. The van der Waals surface area contributed by atoms with Gasteiger partial charge in [-0.25, -0.2) is 0 Å². The molecular weight excluding hydrogens is 262 g/mol. The highest BCUT2D eigenvalue weighted by molar-refractivity contribution is 6.03.